The van der Waals surface area contributed by atoms with E-state index >= 15 is 0 Å². The van der Waals surface area contributed by atoms with Gasteiger partial charge in [0.25, 0.3) is 0 Å². The lowest BCUT2D eigenvalue weighted by Crippen LogP contribution is -2.31. The second kappa shape index (κ2) is 4.64. The molecule has 2 N–H and O–H groups in total. The van der Waals surface area contributed by atoms with Gasteiger partial charge in [-0.15, -0.1) is 0 Å². The second-order valence-electron chi connectivity index (χ2n) is 5.94. The number of rotatable bonds is 3. The van der Waals surface area contributed by atoms with Crippen molar-refractivity contribution in [3.05, 3.63) is 64.7 Å². The highest BCUT2D eigenvalue weighted by Crippen LogP contribution is 2.38. The van der Waals surface area contributed by atoms with Gasteiger partial charge in [-0.25, -0.2) is 0 Å². The summed E-state index contributed by atoms with van der Waals surface area (Å²) in [5.74, 6) is 1.12. The van der Waals surface area contributed by atoms with Crippen LogP contribution < -0.4 is 5.32 Å². The summed E-state index contributed by atoms with van der Waals surface area (Å²) >= 11 is 0. The summed E-state index contributed by atoms with van der Waals surface area (Å²) in [6.07, 6.45) is 3.28. The molecule has 0 spiro atoms. The number of hydrogen-bond donors (Lipinski definition) is 2. The SMILES string of the molecule is Oc1cccc2c1CCC2NCC1Cc2ccccc21. The van der Waals surface area contributed by atoms with Gasteiger partial charge in [-0.1, -0.05) is 36.4 Å². The normalized spacial score (nSPS) is 23.0. The average molecular weight is 265 g/mol. The molecule has 0 bridgehead atoms. The van der Waals surface area contributed by atoms with E-state index in [9.17, 15) is 5.11 Å². The van der Waals surface area contributed by atoms with E-state index in [-0.39, 0.29) is 0 Å². The number of benzene rings is 2. The van der Waals surface area contributed by atoms with Crippen LogP contribution >= 0.6 is 0 Å². The maximum Gasteiger partial charge on any atom is 0.119 e. The van der Waals surface area contributed by atoms with Crippen LogP contribution in [0.5, 0.6) is 5.75 Å². The summed E-state index contributed by atoms with van der Waals surface area (Å²) in [7, 11) is 0. The van der Waals surface area contributed by atoms with Crippen molar-refractivity contribution >= 4 is 0 Å². The molecule has 0 aliphatic heterocycles. The Labute approximate surface area is 119 Å². The molecule has 0 radical (unpaired) electrons. The van der Waals surface area contributed by atoms with E-state index in [0.717, 1.165) is 24.9 Å². The predicted octanol–water partition coefficient (Wildman–Crippen LogP) is 3.31. The Balaban J connectivity index is 1.45. The maximum atomic E-state index is 9.89. The Kier molecular flexibility index (Phi) is 2.78. The van der Waals surface area contributed by atoms with Gasteiger partial charge in [0, 0.05) is 18.5 Å². The van der Waals surface area contributed by atoms with Gasteiger partial charge in [-0.2, -0.15) is 0 Å². The van der Waals surface area contributed by atoms with Crippen molar-refractivity contribution in [2.45, 2.75) is 31.2 Å². The van der Waals surface area contributed by atoms with Crippen LogP contribution in [0, 0.1) is 0 Å². The topological polar surface area (TPSA) is 32.3 Å². The van der Waals surface area contributed by atoms with E-state index in [2.05, 4.69) is 35.6 Å². The third kappa shape index (κ3) is 1.83. The zero-order valence-electron chi connectivity index (χ0n) is 11.5. The van der Waals surface area contributed by atoms with Crippen LogP contribution in [0.25, 0.3) is 0 Å². The van der Waals surface area contributed by atoms with Gasteiger partial charge in [0.05, 0.1) is 0 Å². The Bertz CT molecular complexity index is 650. The molecule has 0 saturated carbocycles. The van der Waals surface area contributed by atoms with Crippen molar-refractivity contribution in [1.82, 2.24) is 5.32 Å². The Morgan fingerprint density at radius 1 is 1.05 bits per heavy atom. The molecule has 2 heteroatoms. The molecule has 0 amide bonds. The largest absolute Gasteiger partial charge is 0.508 e. The standard InChI is InChI=1S/C18H19NO/c20-18-7-3-6-15-16(18)8-9-17(15)19-11-13-10-12-4-1-2-5-14(12)13/h1-7,13,17,19-20H,8-11H2. The molecule has 2 aliphatic rings. The fraction of sp³-hybridized carbons (Fsp3) is 0.333. The molecular weight excluding hydrogens is 246 g/mol. The number of nitrogens with one attached hydrogen (secondary N) is 1. The first-order valence-corrected chi connectivity index (χ1v) is 7.45. The Morgan fingerprint density at radius 3 is 2.80 bits per heavy atom. The van der Waals surface area contributed by atoms with Gasteiger partial charge in [0.15, 0.2) is 0 Å². The fourth-order valence-corrected chi connectivity index (χ4v) is 3.68. The lowest BCUT2D eigenvalue weighted by molar-refractivity contribution is 0.467. The van der Waals surface area contributed by atoms with Crippen molar-refractivity contribution < 1.29 is 5.11 Å². The molecule has 102 valence electrons. The van der Waals surface area contributed by atoms with Gasteiger partial charge in [0.1, 0.15) is 5.75 Å². The van der Waals surface area contributed by atoms with E-state index in [1.165, 1.54) is 23.1 Å². The van der Waals surface area contributed by atoms with Gasteiger partial charge >= 0.3 is 0 Å². The van der Waals surface area contributed by atoms with Gasteiger partial charge in [-0.3, -0.25) is 0 Å². The van der Waals surface area contributed by atoms with Crippen molar-refractivity contribution in [2.75, 3.05) is 6.54 Å². The predicted molar refractivity (Wildman–Crippen MR) is 80.1 cm³/mol. The third-order valence-electron chi connectivity index (χ3n) is 4.82. The molecule has 4 rings (SSSR count). The van der Waals surface area contributed by atoms with Crippen molar-refractivity contribution in [1.29, 1.82) is 0 Å². The highest BCUT2D eigenvalue weighted by molar-refractivity contribution is 5.44. The lowest BCUT2D eigenvalue weighted by Gasteiger charge is -2.31. The smallest absolute Gasteiger partial charge is 0.119 e. The molecule has 2 atom stereocenters. The summed E-state index contributed by atoms with van der Waals surface area (Å²) in [6.45, 7) is 1.04. The summed E-state index contributed by atoms with van der Waals surface area (Å²) in [5.41, 5.74) is 5.44. The fourth-order valence-electron chi connectivity index (χ4n) is 3.68. The molecule has 20 heavy (non-hydrogen) atoms. The highest BCUT2D eigenvalue weighted by Gasteiger charge is 2.28. The summed E-state index contributed by atoms with van der Waals surface area (Å²) < 4.78 is 0. The third-order valence-corrected chi connectivity index (χ3v) is 4.82. The van der Waals surface area contributed by atoms with Crippen LogP contribution in [-0.4, -0.2) is 11.7 Å². The summed E-state index contributed by atoms with van der Waals surface area (Å²) in [5, 5.41) is 13.6. The monoisotopic (exact) mass is 265 g/mol. The quantitative estimate of drug-likeness (QED) is 0.892. The molecule has 2 unspecified atom stereocenters. The van der Waals surface area contributed by atoms with Crippen LogP contribution in [0.15, 0.2) is 42.5 Å². The minimum Gasteiger partial charge on any atom is -0.508 e. The summed E-state index contributed by atoms with van der Waals surface area (Å²) in [4.78, 5) is 0. The van der Waals surface area contributed by atoms with Crippen molar-refractivity contribution in [3.63, 3.8) is 0 Å². The van der Waals surface area contributed by atoms with Crippen LogP contribution in [0.4, 0.5) is 0 Å². The molecule has 2 aromatic carbocycles. The number of phenols is 1. The molecule has 0 fully saturated rings. The van der Waals surface area contributed by atoms with Crippen LogP contribution in [0.3, 0.4) is 0 Å². The van der Waals surface area contributed by atoms with E-state index in [1.807, 2.05) is 6.07 Å². The van der Waals surface area contributed by atoms with E-state index < -0.39 is 0 Å². The number of hydrogen-bond acceptors (Lipinski definition) is 2. The Hall–Kier alpha value is -1.80. The molecule has 0 saturated heterocycles. The first-order chi connectivity index (χ1) is 9.83. The lowest BCUT2D eigenvalue weighted by atomic mass is 9.77. The van der Waals surface area contributed by atoms with E-state index in [4.69, 9.17) is 0 Å². The molecule has 2 aliphatic carbocycles. The van der Waals surface area contributed by atoms with E-state index in [1.54, 1.807) is 6.07 Å². The maximum absolute atomic E-state index is 9.89. The minimum absolute atomic E-state index is 0.407. The molecule has 2 aromatic rings. The Morgan fingerprint density at radius 2 is 1.90 bits per heavy atom. The van der Waals surface area contributed by atoms with Crippen LogP contribution in [-0.2, 0) is 12.8 Å². The zero-order valence-corrected chi connectivity index (χ0v) is 11.5. The average Bonchev–Trinajstić information content (AvgIpc) is 2.85. The van der Waals surface area contributed by atoms with Crippen LogP contribution in [0.2, 0.25) is 0 Å². The number of phenolic OH excluding ortho intramolecular Hbond substituents is 1. The van der Waals surface area contributed by atoms with Gasteiger partial charge < -0.3 is 10.4 Å². The highest BCUT2D eigenvalue weighted by atomic mass is 16.3. The van der Waals surface area contributed by atoms with Gasteiger partial charge in [-0.05, 0) is 47.6 Å². The first-order valence-electron chi connectivity index (χ1n) is 7.45. The van der Waals surface area contributed by atoms with E-state index in [0.29, 0.717) is 17.7 Å². The molecule has 0 heterocycles. The number of aromatic hydroxyl groups is 1. The first kappa shape index (κ1) is 12.0. The zero-order chi connectivity index (χ0) is 13.5. The molecule has 2 nitrogen and oxygen atoms in total. The van der Waals surface area contributed by atoms with Crippen molar-refractivity contribution in [3.8, 4) is 5.75 Å². The molecular formula is C18H19NO. The van der Waals surface area contributed by atoms with Gasteiger partial charge in [0.2, 0.25) is 0 Å². The summed E-state index contributed by atoms with van der Waals surface area (Å²) in [6, 6.07) is 15.0. The van der Waals surface area contributed by atoms with Crippen LogP contribution in [0.1, 0.15) is 40.6 Å². The second-order valence-corrected chi connectivity index (χ2v) is 5.94. The van der Waals surface area contributed by atoms with Crippen molar-refractivity contribution in [2.24, 2.45) is 0 Å². The minimum atomic E-state index is 0.407. The molecule has 0 aromatic heterocycles. The number of fused-ring (bicyclic) bond motifs is 2.